The van der Waals surface area contributed by atoms with Crippen molar-refractivity contribution in [3.63, 3.8) is 0 Å². The van der Waals surface area contributed by atoms with Crippen molar-refractivity contribution in [1.29, 1.82) is 0 Å². The molecule has 2 atom stereocenters. The number of hydrogen-bond donors (Lipinski definition) is 0. The van der Waals surface area contributed by atoms with E-state index in [1.165, 1.54) is 12.6 Å². The third-order valence-corrected chi connectivity index (χ3v) is 7.78. The molecule has 0 radical (unpaired) electrons. The molecule has 1 saturated carbocycles. The molecule has 6 nitrogen and oxygen atoms in total. The van der Waals surface area contributed by atoms with Crippen LogP contribution in [0.15, 0.2) is 11.1 Å². The van der Waals surface area contributed by atoms with Gasteiger partial charge in [0.2, 0.25) is 10.0 Å². The number of fused-ring (bicyclic) bond motifs is 2. The molecule has 7 heteroatoms. The van der Waals surface area contributed by atoms with Crippen LogP contribution >= 0.6 is 0 Å². The highest BCUT2D eigenvalue weighted by Crippen LogP contribution is 2.56. The minimum absolute atomic E-state index is 0.00917. The van der Waals surface area contributed by atoms with Crippen LogP contribution < -0.4 is 0 Å². The molecule has 0 amide bonds. The first-order valence-corrected chi connectivity index (χ1v) is 8.98. The Hall–Kier alpha value is -0.920. The van der Waals surface area contributed by atoms with Gasteiger partial charge in [-0.3, -0.25) is 4.68 Å². The smallest absolute Gasteiger partial charge is 0.246 e. The molecular weight excluding hydrogens is 290 g/mol. The van der Waals surface area contributed by atoms with E-state index in [1.807, 2.05) is 0 Å². The van der Waals surface area contributed by atoms with Crippen LogP contribution in [0.3, 0.4) is 0 Å². The van der Waals surface area contributed by atoms with E-state index < -0.39 is 10.0 Å². The minimum Gasteiger partial charge on any atom is -0.379 e. The zero-order valence-electron chi connectivity index (χ0n) is 12.4. The van der Waals surface area contributed by atoms with Crippen molar-refractivity contribution < 1.29 is 13.2 Å². The average Bonchev–Trinajstić information content (AvgIpc) is 3.03. The van der Waals surface area contributed by atoms with Gasteiger partial charge in [0, 0.05) is 19.5 Å². The van der Waals surface area contributed by atoms with Gasteiger partial charge in [-0.1, -0.05) is 6.42 Å². The third-order valence-electron chi connectivity index (χ3n) is 5.80. The third kappa shape index (κ3) is 1.71. The summed E-state index contributed by atoms with van der Waals surface area (Å²) in [6.45, 7) is 3.70. The highest BCUT2D eigenvalue weighted by molar-refractivity contribution is 7.89. The lowest BCUT2D eigenvalue weighted by molar-refractivity contribution is 0.0601. The molecule has 1 aliphatic carbocycles. The maximum atomic E-state index is 13.1. The largest absolute Gasteiger partial charge is 0.379 e. The highest BCUT2D eigenvalue weighted by atomic mass is 32.2. The van der Waals surface area contributed by atoms with Crippen molar-refractivity contribution in [3.05, 3.63) is 11.9 Å². The average molecular weight is 311 g/mol. The number of ether oxygens (including phenoxy) is 1. The number of aromatic nitrogens is 2. The van der Waals surface area contributed by atoms with E-state index in [2.05, 4.69) is 5.10 Å². The van der Waals surface area contributed by atoms with Gasteiger partial charge < -0.3 is 4.74 Å². The van der Waals surface area contributed by atoms with Gasteiger partial charge in [-0.25, -0.2) is 8.42 Å². The summed E-state index contributed by atoms with van der Waals surface area (Å²) in [7, 11) is -1.71. The van der Waals surface area contributed by atoms with Crippen molar-refractivity contribution in [2.24, 2.45) is 18.4 Å². The Morgan fingerprint density at radius 2 is 2.14 bits per heavy atom. The SMILES string of the molecule is Cc1c(S(=O)(=O)N2CC3(CCC3)[C@@H]3COC[C@@H]32)cnn1C. The van der Waals surface area contributed by atoms with Crippen LogP contribution in [0.25, 0.3) is 0 Å². The quantitative estimate of drug-likeness (QED) is 0.814. The lowest BCUT2D eigenvalue weighted by Crippen LogP contribution is -2.39. The molecule has 2 saturated heterocycles. The van der Waals surface area contributed by atoms with Crippen LogP contribution in [0.2, 0.25) is 0 Å². The van der Waals surface area contributed by atoms with Crippen molar-refractivity contribution in [2.45, 2.75) is 37.1 Å². The molecule has 0 unspecified atom stereocenters. The zero-order valence-corrected chi connectivity index (χ0v) is 13.3. The Labute approximate surface area is 125 Å². The fraction of sp³-hybridized carbons (Fsp3) is 0.786. The van der Waals surface area contributed by atoms with Crippen molar-refractivity contribution >= 4 is 10.0 Å². The van der Waals surface area contributed by atoms with Gasteiger partial charge in [0.15, 0.2) is 0 Å². The first-order valence-electron chi connectivity index (χ1n) is 7.54. The van der Waals surface area contributed by atoms with E-state index in [4.69, 9.17) is 4.74 Å². The van der Waals surface area contributed by atoms with E-state index in [0.717, 1.165) is 12.8 Å². The standard InChI is InChI=1S/C14H21N3O3S/c1-10-13(6-15-16(10)2)21(18,19)17-9-14(4-3-5-14)11-7-20-8-12(11)17/h6,11-12H,3-5,7-9H2,1-2H3/t11-,12+/m1/s1. The zero-order chi connectivity index (χ0) is 14.8. The van der Waals surface area contributed by atoms with Gasteiger partial charge in [-0.15, -0.1) is 0 Å². The van der Waals surface area contributed by atoms with Gasteiger partial charge >= 0.3 is 0 Å². The summed E-state index contributed by atoms with van der Waals surface area (Å²) in [5, 5.41) is 4.09. The maximum absolute atomic E-state index is 13.1. The summed E-state index contributed by atoms with van der Waals surface area (Å²) in [6, 6.07) is 0.00917. The van der Waals surface area contributed by atoms with E-state index in [0.29, 0.717) is 36.3 Å². The monoisotopic (exact) mass is 311 g/mol. The van der Waals surface area contributed by atoms with Gasteiger partial charge in [0.25, 0.3) is 0 Å². The van der Waals surface area contributed by atoms with Crippen LogP contribution in [0.5, 0.6) is 0 Å². The minimum atomic E-state index is -3.48. The molecule has 21 heavy (non-hydrogen) atoms. The molecule has 0 bridgehead atoms. The molecule has 4 rings (SSSR count). The molecule has 1 spiro atoms. The van der Waals surface area contributed by atoms with Crippen molar-refractivity contribution in [2.75, 3.05) is 19.8 Å². The fourth-order valence-corrected chi connectivity index (χ4v) is 6.17. The van der Waals surface area contributed by atoms with Crippen LogP contribution in [0.1, 0.15) is 25.0 Å². The molecule has 3 fully saturated rings. The first kappa shape index (κ1) is 13.7. The first-order chi connectivity index (χ1) is 9.96. The molecule has 3 aliphatic rings. The Morgan fingerprint density at radius 3 is 2.71 bits per heavy atom. The van der Waals surface area contributed by atoms with Gasteiger partial charge in [-0.05, 0) is 25.2 Å². The normalized spacial score (nSPS) is 31.5. The molecule has 1 aromatic rings. The van der Waals surface area contributed by atoms with Crippen LogP contribution in [0, 0.1) is 18.3 Å². The van der Waals surface area contributed by atoms with E-state index >= 15 is 0 Å². The Morgan fingerprint density at radius 1 is 1.38 bits per heavy atom. The van der Waals surface area contributed by atoms with E-state index in [-0.39, 0.29) is 11.5 Å². The number of sulfonamides is 1. The van der Waals surface area contributed by atoms with Gasteiger partial charge in [-0.2, -0.15) is 9.40 Å². The molecule has 0 aromatic carbocycles. The number of rotatable bonds is 2. The predicted molar refractivity (Wildman–Crippen MR) is 76.2 cm³/mol. The van der Waals surface area contributed by atoms with Crippen molar-refractivity contribution in [1.82, 2.24) is 14.1 Å². The Bertz CT molecular complexity index is 678. The number of nitrogens with zero attached hydrogens (tertiary/aromatic N) is 3. The van der Waals surface area contributed by atoms with Crippen LogP contribution in [-0.2, 0) is 21.8 Å². The second-order valence-corrected chi connectivity index (χ2v) is 8.55. The fourth-order valence-electron chi connectivity index (χ4n) is 4.24. The molecular formula is C14H21N3O3S. The highest BCUT2D eigenvalue weighted by Gasteiger charge is 2.60. The lowest BCUT2D eigenvalue weighted by Gasteiger charge is -2.42. The molecule has 1 aromatic heterocycles. The summed E-state index contributed by atoms with van der Waals surface area (Å²) < 4.78 is 35.0. The second-order valence-electron chi connectivity index (χ2n) is 6.70. The summed E-state index contributed by atoms with van der Waals surface area (Å²) in [6.07, 6.45) is 4.95. The Kier molecular flexibility index (Phi) is 2.81. The summed E-state index contributed by atoms with van der Waals surface area (Å²) in [4.78, 5) is 0.340. The predicted octanol–water partition coefficient (Wildman–Crippen LogP) is 0.918. The molecule has 3 heterocycles. The van der Waals surface area contributed by atoms with Gasteiger partial charge in [0.05, 0.1) is 31.1 Å². The van der Waals surface area contributed by atoms with Gasteiger partial charge in [0.1, 0.15) is 4.90 Å². The van der Waals surface area contributed by atoms with Crippen LogP contribution in [-0.4, -0.2) is 48.3 Å². The summed E-state index contributed by atoms with van der Waals surface area (Å²) >= 11 is 0. The number of hydrogen-bond acceptors (Lipinski definition) is 4. The summed E-state index contributed by atoms with van der Waals surface area (Å²) in [5.74, 6) is 0.373. The molecule has 2 aliphatic heterocycles. The van der Waals surface area contributed by atoms with Crippen LogP contribution in [0.4, 0.5) is 0 Å². The van der Waals surface area contributed by atoms with E-state index in [1.54, 1.807) is 23.0 Å². The lowest BCUT2D eigenvalue weighted by atomic mass is 9.62. The summed E-state index contributed by atoms with van der Waals surface area (Å²) in [5.41, 5.74) is 0.865. The topological polar surface area (TPSA) is 64.4 Å². The Balaban J connectivity index is 1.74. The maximum Gasteiger partial charge on any atom is 0.246 e. The second kappa shape index (κ2) is 4.30. The van der Waals surface area contributed by atoms with E-state index in [9.17, 15) is 8.42 Å². The van der Waals surface area contributed by atoms with Crippen molar-refractivity contribution in [3.8, 4) is 0 Å². The molecule has 0 N–H and O–H groups in total. The molecule has 116 valence electrons. The number of aryl methyl sites for hydroxylation is 1.